The lowest BCUT2D eigenvalue weighted by Gasteiger charge is -2.44. The van der Waals surface area contributed by atoms with Crippen LogP contribution in [0.5, 0.6) is 23.0 Å². The third kappa shape index (κ3) is 3.73. The summed E-state index contributed by atoms with van der Waals surface area (Å²) in [6.07, 6.45) is 2.35. The lowest BCUT2D eigenvalue weighted by molar-refractivity contribution is 0.330. The van der Waals surface area contributed by atoms with Crippen molar-refractivity contribution >= 4 is 40.2 Å². The normalized spacial score (nSPS) is 18.5. The second-order valence-corrected chi connectivity index (χ2v) is 15.7. The second kappa shape index (κ2) is 9.09. The van der Waals surface area contributed by atoms with E-state index in [2.05, 4.69) is 144 Å². The van der Waals surface area contributed by atoms with Crippen LogP contribution < -0.4 is 30.8 Å². The van der Waals surface area contributed by atoms with Gasteiger partial charge in [-0.3, -0.25) is 0 Å². The Labute approximate surface area is 273 Å². The Morgan fingerprint density at radius 2 is 1.11 bits per heavy atom. The lowest BCUT2D eigenvalue weighted by atomic mass is 9.34. The highest BCUT2D eigenvalue weighted by Gasteiger charge is 2.45. The zero-order valence-corrected chi connectivity index (χ0v) is 27.9. The van der Waals surface area contributed by atoms with Gasteiger partial charge in [0.05, 0.1) is 11.4 Å². The summed E-state index contributed by atoms with van der Waals surface area (Å²) < 4.78 is 13.6. The monoisotopic (exact) mass is 601 g/mol. The average molecular weight is 602 g/mol. The highest BCUT2D eigenvalue weighted by Crippen LogP contribution is 2.52. The van der Waals surface area contributed by atoms with Crippen LogP contribution in [0.4, 0.5) is 17.1 Å². The van der Waals surface area contributed by atoms with E-state index in [-0.39, 0.29) is 23.0 Å². The first-order chi connectivity index (χ1) is 21.9. The molecule has 0 bridgehead atoms. The molecule has 0 atom stereocenters. The topological polar surface area (TPSA) is 21.7 Å². The Bertz CT molecular complexity index is 2070. The molecule has 4 aliphatic rings. The number of ether oxygens (including phenoxy) is 2. The summed E-state index contributed by atoms with van der Waals surface area (Å²) in [5.74, 6) is 3.71. The summed E-state index contributed by atoms with van der Waals surface area (Å²) in [7, 11) is 0. The fourth-order valence-corrected chi connectivity index (χ4v) is 8.76. The minimum absolute atomic E-state index is 0.0400. The fraction of sp³-hybridized carbons (Fsp3) is 0.286. The SMILES string of the molecule is Cc1cc2c3c(c1)Oc1cc4c(cc1B3c1ccc(N3c5ccccc5C(C)(C)c5ccccc53)cc1O2)C(C)(C)CCC4(C)C. The number of nitrogens with zero attached hydrogens (tertiary/aromatic N) is 1. The van der Waals surface area contributed by atoms with E-state index in [0.29, 0.717) is 0 Å². The summed E-state index contributed by atoms with van der Waals surface area (Å²) in [5, 5.41) is 0. The van der Waals surface area contributed by atoms with E-state index in [9.17, 15) is 0 Å². The van der Waals surface area contributed by atoms with E-state index >= 15 is 0 Å². The molecule has 4 heteroatoms. The number of para-hydroxylation sites is 2. The van der Waals surface area contributed by atoms with Crippen molar-refractivity contribution in [2.24, 2.45) is 0 Å². The number of hydrogen-bond acceptors (Lipinski definition) is 3. The first-order valence-corrected chi connectivity index (χ1v) is 16.8. The van der Waals surface area contributed by atoms with Gasteiger partial charge >= 0.3 is 0 Å². The van der Waals surface area contributed by atoms with Crippen molar-refractivity contribution < 1.29 is 9.47 Å². The molecule has 9 rings (SSSR count). The summed E-state index contributed by atoms with van der Waals surface area (Å²) >= 11 is 0. The van der Waals surface area contributed by atoms with Crippen molar-refractivity contribution in [3.8, 4) is 23.0 Å². The molecule has 0 unspecified atom stereocenters. The molecule has 228 valence electrons. The Morgan fingerprint density at radius 1 is 0.565 bits per heavy atom. The second-order valence-electron chi connectivity index (χ2n) is 15.7. The van der Waals surface area contributed by atoms with Gasteiger partial charge in [0.25, 0.3) is 6.71 Å². The minimum atomic E-state index is -0.103. The number of aryl methyl sites for hydroxylation is 1. The molecule has 0 radical (unpaired) electrons. The standard InChI is InChI=1S/C42H40BNO2/c1-25-20-37-39-38(21-25)46-36-24-30-29(40(2,3)18-19-41(30,4)5)23-32(36)43(39)31-17-16-26(22-35(31)45-37)44-33-14-10-8-12-27(33)42(6,7)28-13-9-11-15-34(28)44/h8-17,20-24H,18-19H2,1-7H3. The van der Waals surface area contributed by atoms with Gasteiger partial charge in [-0.2, -0.15) is 0 Å². The quantitative estimate of drug-likeness (QED) is 0.175. The number of anilines is 3. The maximum atomic E-state index is 6.85. The number of hydrogen-bond donors (Lipinski definition) is 0. The van der Waals surface area contributed by atoms with E-state index in [1.807, 2.05) is 0 Å². The Morgan fingerprint density at radius 3 is 1.72 bits per heavy atom. The van der Waals surface area contributed by atoms with Crippen LogP contribution in [0.3, 0.4) is 0 Å². The van der Waals surface area contributed by atoms with Crippen molar-refractivity contribution in [1.29, 1.82) is 0 Å². The molecule has 3 nitrogen and oxygen atoms in total. The van der Waals surface area contributed by atoms with Crippen LogP contribution in [-0.4, -0.2) is 6.71 Å². The number of fused-ring (bicyclic) bond motifs is 7. The smallest absolute Gasteiger partial charge is 0.260 e. The highest BCUT2D eigenvalue weighted by atomic mass is 16.5. The summed E-state index contributed by atoms with van der Waals surface area (Å²) in [5.41, 5.74) is 13.9. The van der Waals surface area contributed by atoms with Gasteiger partial charge in [-0.25, -0.2) is 0 Å². The molecule has 0 fully saturated rings. The van der Waals surface area contributed by atoms with Gasteiger partial charge < -0.3 is 14.4 Å². The Hall–Kier alpha value is -4.44. The van der Waals surface area contributed by atoms with E-state index in [4.69, 9.17) is 9.47 Å². The molecule has 0 saturated carbocycles. The molecule has 0 N–H and O–H groups in total. The van der Waals surface area contributed by atoms with Gasteiger partial charge in [0.2, 0.25) is 0 Å². The van der Waals surface area contributed by atoms with Crippen molar-refractivity contribution in [3.05, 3.63) is 119 Å². The zero-order valence-electron chi connectivity index (χ0n) is 27.9. The predicted molar refractivity (Wildman–Crippen MR) is 191 cm³/mol. The largest absolute Gasteiger partial charge is 0.458 e. The minimum Gasteiger partial charge on any atom is -0.458 e. The summed E-state index contributed by atoms with van der Waals surface area (Å²) in [4.78, 5) is 2.41. The van der Waals surface area contributed by atoms with Crippen LogP contribution in [0.2, 0.25) is 0 Å². The van der Waals surface area contributed by atoms with Crippen LogP contribution in [0.15, 0.2) is 91.0 Å². The van der Waals surface area contributed by atoms with Gasteiger partial charge in [-0.05, 0) is 106 Å². The Balaban J connectivity index is 1.25. The van der Waals surface area contributed by atoms with Crippen LogP contribution in [0.25, 0.3) is 0 Å². The molecular weight excluding hydrogens is 561 g/mol. The van der Waals surface area contributed by atoms with E-state index in [0.717, 1.165) is 39.7 Å². The fourth-order valence-electron chi connectivity index (χ4n) is 8.76. The van der Waals surface area contributed by atoms with Crippen LogP contribution >= 0.6 is 0 Å². The maximum absolute atomic E-state index is 6.85. The third-order valence-electron chi connectivity index (χ3n) is 11.5. The zero-order chi connectivity index (χ0) is 31.7. The molecule has 0 aromatic heterocycles. The number of benzene rings is 5. The van der Waals surface area contributed by atoms with Gasteiger partial charge in [0.1, 0.15) is 23.0 Å². The van der Waals surface area contributed by atoms with Gasteiger partial charge in [0, 0.05) is 22.6 Å². The van der Waals surface area contributed by atoms with Crippen molar-refractivity contribution in [3.63, 3.8) is 0 Å². The highest BCUT2D eigenvalue weighted by molar-refractivity contribution is 6.98. The number of rotatable bonds is 1. The first-order valence-electron chi connectivity index (χ1n) is 16.8. The summed E-state index contributed by atoms with van der Waals surface area (Å²) in [6.45, 7) is 16.4. The van der Waals surface area contributed by atoms with Crippen LogP contribution in [-0.2, 0) is 16.2 Å². The Kier molecular flexibility index (Phi) is 5.50. The van der Waals surface area contributed by atoms with Crippen molar-refractivity contribution in [2.45, 2.75) is 77.6 Å². The van der Waals surface area contributed by atoms with Crippen molar-refractivity contribution in [1.82, 2.24) is 0 Å². The third-order valence-corrected chi connectivity index (χ3v) is 11.5. The van der Waals surface area contributed by atoms with Crippen LogP contribution in [0.1, 0.15) is 82.2 Å². The predicted octanol–water partition coefficient (Wildman–Crippen LogP) is 9.18. The first kappa shape index (κ1) is 27.8. The molecule has 3 heterocycles. The van der Waals surface area contributed by atoms with Gasteiger partial charge in [0.15, 0.2) is 0 Å². The molecule has 0 amide bonds. The molecule has 5 aromatic carbocycles. The molecule has 0 spiro atoms. The molecule has 1 aliphatic carbocycles. The van der Waals surface area contributed by atoms with Crippen LogP contribution in [0, 0.1) is 6.92 Å². The maximum Gasteiger partial charge on any atom is 0.260 e. The lowest BCUT2D eigenvalue weighted by Crippen LogP contribution is -2.58. The van der Waals surface area contributed by atoms with E-state index < -0.39 is 0 Å². The molecule has 46 heavy (non-hydrogen) atoms. The van der Waals surface area contributed by atoms with Crippen molar-refractivity contribution in [2.75, 3.05) is 4.90 Å². The average Bonchev–Trinajstić information content (AvgIpc) is 3.02. The van der Waals surface area contributed by atoms with E-state index in [1.165, 1.54) is 57.4 Å². The van der Waals surface area contributed by atoms with E-state index in [1.54, 1.807) is 0 Å². The molecule has 0 saturated heterocycles. The molecule has 5 aromatic rings. The molecular formula is C42H40BNO2. The van der Waals surface area contributed by atoms with Gasteiger partial charge in [-0.15, -0.1) is 0 Å². The summed E-state index contributed by atoms with van der Waals surface area (Å²) in [6, 6.07) is 33.7. The molecule has 3 aliphatic heterocycles. The van der Waals surface area contributed by atoms with Gasteiger partial charge in [-0.1, -0.05) is 90.1 Å².